The van der Waals surface area contributed by atoms with E-state index in [1.54, 1.807) is 24.3 Å². The number of rotatable bonds is 3. The van der Waals surface area contributed by atoms with E-state index in [0.29, 0.717) is 14.5 Å². The first kappa shape index (κ1) is 14.1. The molecule has 0 atom stereocenters. The zero-order valence-corrected chi connectivity index (χ0v) is 11.8. The number of fused-ring (bicyclic) bond motifs is 1. The number of aromatic nitrogens is 4. The van der Waals surface area contributed by atoms with Gasteiger partial charge >= 0.3 is 6.18 Å². The summed E-state index contributed by atoms with van der Waals surface area (Å²) in [6, 6.07) is 7.01. The van der Waals surface area contributed by atoms with Crippen molar-refractivity contribution < 1.29 is 13.2 Å². The van der Waals surface area contributed by atoms with Crippen LogP contribution in [0, 0.1) is 0 Å². The van der Waals surface area contributed by atoms with Gasteiger partial charge in [-0.25, -0.2) is 0 Å². The molecule has 110 valence electrons. The first-order chi connectivity index (χ1) is 9.93. The topological polar surface area (TPSA) is 55.1 Å². The van der Waals surface area contributed by atoms with Gasteiger partial charge in [-0.3, -0.25) is 0 Å². The maximum absolute atomic E-state index is 12.7. The van der Waals surface area contributed by atoms with Gasteiger partial charge in [0.15, 0.2) is 0 Å². The van der Waals surface area contributed by atoms with Crippen molar-refractivity contribution in [3.05, 3.63) is 40.1 Å². The Morgan fingerprint density at radius 1 is 1.29 bits per heavy atom. The van der Waals surface area contributed by atoms with Crippen molar-refractivity contribution in [2.75, 3.05) is 5.32 Å². The molecule has 1 aromatic carbocycles. The van der Waals surface area contributed by atoms with Gasteiger partial charge in [-0.2, -0.15) is 22.8 Å². The Kier molecular flexibility index (Phi) is 3.46. The average molecular weight is 334 g/mol. The number of hydrogen-bond donors (Lipinski definition) is 1. The van der Waals surface area contributed by atoms with Crippen LogP contribution in [0.5, 0.6) is 0 Å². The van der Waals surface area contributed by atoms with Gasteiger partial charge in [-0.1, -0.05) is 29.0 Å². The largest absolute Gasteiger partial charge is 0.453 e. The molecule has 3 rings (SSSR count). The van der Waals surface area contributed by atoms with Gasteiger partial charge in [0.2, 0.25) is 4.96 Å². The SMILES string of the molecule is FC(F)(F)c1nnc2sc(CNc3cccc(Cl)c3)nn12. The summed E-state index contributed by atoms with van der Waals surface area (Å²) in [7, 11) is 0. The van der Waals surface area contributed by atoms with Crippen LogP contribution in [0.15, 0.2) is 24.3 Å². The van der Waals surface area contributed by atoms with Crippen LogP contribution < -0.4 is 5.32 Å². The number of anilines is 1. The fraction of sp³-hybridized carbons (Fsp3) is 0.182. The lowest BCUT2D eigenvalue weighted by Gasteiger charge is -2.04. The molecule has 0 aliphatic heterocycles. The highest BCUT2D eigenvalue weighted by Gasteiger charge is 2.38. The highest BCUT2D eigenvalue weighted by molar-refractivity contribution is 7.16. The Morgan fingerprint density at radius 3 is 2.81 bits per heavy atom. The average Bonchev–Trinajstić information content (AvgIpc) is 2.94. The molecule has 21 heavy (non-hydrogen) atoms. The van der Waals surface area contributed by atoms with Crippen LogP contribution in [0.4, 0.5) is 18.9 Å². The molecular formula is C11H7ClF3N5S. The van der Waals surface area contributed by atoms with Crippen molar-refractivity contribution in [2.45, 2.75) is 12.7 Å². The molecule has 0 spiro atoms. The Balaban J connectivity index is 1.81. The summed E-state index contributed by atoms with van der Waals surface area (Å²) in [4.78, 5) is 0.102. The molecule has 1 N–H and O–H groups in total. The van der Waals surface area contributed by atoms with Crippen molar-refractivity contribution in [3.8, 4) is 0 Å². The lowest BCUT2D eigenvalue weighted by molar-refractivity contribution is -0.146. The maximum Gasteiger partial charge on any atom is 0.453 e. The van der Waals surface area contributed by atoms with Gasteiger partial charge in [-0.15, -0.1) is 10.2 Å². The highest BCUT2D eigenvalue weighted by atomic mass is 35.5. The molecule has 3 aromatic rings. The number of alkyl halides is 3. The van der Waals surface area contributed by atoms with E-state index in [9.17, 15) is 13.2 Å². The van der Waals surface area contributed by atoms with E-state index in [2.05, 4.69) is 20.6 Å². The van der Waals surface area contributed by atoms with E-state index < -0.39 is 12.0 Å². The summed E-state index contributed by atoms with van der Waals surface area (Å²) in [5.74, 6) is -1.12. The van der Waals surface area contributed by atoms with Crippen molar-refractivity contribution >= 4 is 33.6 Å². The molecule has 0 saturated carbocycles. The fourth-order valence-electron chi connectivity index (χ4n) is 1.68. The van der Waals surface area contributed by atoms with Crippen molar-refractivity contribution in [1.82, 2.24) is 19.8 Å². The highest BCUT2D eigenvalue weighted by Crippen LogP contribution is 2.29. The van der Waals surface area contributed by atoms with Crippen LogP contribution in [0.2, 0.25) is 5.02 Å². The molecule has 0 aliphatic carbocycles. The van der Waals surface area contributed by atoms with E-state index in [1.165, 1.54) is 0 Å². The number of hydrogen-bond acceptors (Lipinski definition) is 5. The minimum absolute atomic E-state index is 0.102. The molecule has 2 aromatic heterocycles. The quantitative estimate of drug-likeness (QED) is 0.797. The Bertz CT molecular complexity index is 782. The van der Waals surface area contributed by atoms with Crippen LogP contribution in [-0.2, 0) is 12.7 Å². The molecule has 0 saturated heterocycles. The van der Waals surface area contributed by atoms with Gasteiger partial charge in [0.25, 0.3) is 5.82 Å². The molecule has 5 nitrogen and oxygen atoms in total. The lowest BCUT2D eigenvalue weighted by Crippen LogP contribution is -2.12. The van der Waals surface area contributed by atoms with Crippen molar-refractivity contribution in [2.24, 2.45) is 0 Å². The van der Waals surface area contributed by atoms with Crippen molar-refractivity contribution in [1.29, 1.82) is 0 Å². The predicted molar refractivity (Wildman–Crippen MR) is 72.4 cm³/mol. The number of halogens is 4. The Hall–Kier alpha value is -1.87. The second kappa shape index (κ2) is 5.15. The van der Waals surface area contributed by atoms with Crippen LogP contribution >= 0.6 is 22.9 Å². The second-order valence-electron chi connectivity index (χ2n) is 4.08. The minimum atomic E-state index is -4.58. The first-order valence-electron chi connectivity index (χ1n) is 5.71. The zero-order valence-electron chi connectivity index (χ0n) is 10.2. The summed E-state index contributed by atoms with van der Waals surface area (Å²) in [5.41, 5.74) is 0.754. The molecule has 0 unspecified atom stereocenters. The molecule has 10 heteroatoms. The van der Waals surface area contributed by atoms with Gasteiger partial charge in [-0.05, 0) is 18.2 Å². The summed E-state index contributed by atoms with van der Waals surface area (Å²) < 4.78 is 38.7. The van der Waals surface area contributed by atoms with Crippen molar-refractivity contribution in [3.63, 3.8) is 0 Å². The van der Waals surface area contributed by atoms with Crippen LogP contribution in [0.1, 0.15) is 10.8 Å². The number of nitrogens with one attached hydrogen (secondary N) is 1. The third kappa shape index (κ3) is 2.93. The smallest absolute Gasteiger partial charge is 0.378 e. The van der Waals surface area contributed by atoms with Crippen LogP contribution in [0.25, 0.3) is 4.96 Å². The monoisotopic (exact) mass is 333 g/mol. The van der Waals surface area contributed by atoms with Gasteiger partial charge in [0.1, 0.15) is 5.01 Å². The normalized spacial score (nSPS) is 12.0. The van der Waals surface area contributed by atoms with Gasteiger partial charge < -0.3 is 5.32 Å². The maximum atomic E-state index is 12.7. The third-order valence-corrected chi connectivity index (χ3v) is 3.69. The molecule has 0 amide bonds. The number of benzene rings is 1. The lowest BCUT2D eigenvalue weighted by atomic mass is 10.3. The van der Waals surface area contributed by atoms with E-state index in [4.69, 9.17) is 11.6 Å². The summed E-state index contributed by atoms with van der Waals surface area (Å²) >= 11 is 6.88. The van der Waals surface area contributed by atoms with E-state index in [-0.39, 0.29) is 11.5 Å². The second-order valence-corrected chi connectivity index (χ2v) is 5.55. The van der Waals surface area contributed by atoms with E-state index >= 15 is 0 Å². The third-order valence-electron chi connectivity index (χ3n) is 2.55. The number of nitrogens with zero attached hydrogens (tertiary/aromatic N) is 4. The Morgan fingerprint density at radius 2 is 2.10 bits per heavy atom. The minimum Gasteiger partial charge on any atom is -0.378 e. The van der Waals surface area contributed by atoms with Gasteiger partial charge in [0, 0.05) is 10.7 Å². The van der Waals surface area contributed by atoms with E-state index in [1.807, 2.05) is 0 Å². The standard InChI is InChI=1S/C11H7ClF3N5S/c12-6-2-1-3-7(4-6)16-5-8-19-20-9(11(13,14)15)17-18-10(20)21-8/h1-4,16H,5H2. The molecule has 0 fully saturated rings. The fourth-order valence-corrected chi connectivity index (χ4v) is 2.64. The molecule has 0 bridgehead atoms. The van der Waals surface area contributed by atoms with E-state index in [0.717, 1.165) is 17.0 Å². The summed E-state index contributed by atoms with van der Waals surface area (Å²) in [6.45, 7) is 0.270. The zero-order chi connectivity index (χ0) is 15.0. The first-order valence-corrected chi connectivity index (χ1v) is 6.91. The predicted octanol–water partition coefficient (Wildman–Crippen LogP) is 3.47. The van der Waals surface area contributed by atoms with Crippen LogP contribution in [0.3, 0.4) is 0 Å². The molecule has 2 heterocycles. The van der Waals surface area contributed by atoms with Crippen LogP contribution in [-0.4, -0.2) is 19.8 Å². The molecule has 0 radical (unpaired) electrons. The molecular weight excluding hydrogens is 327 g/mol. The Labute approximate surface area is 125 Å². The summed E-state index contributed by atoms with van der Waals surface area (Å²) in [6.07, 6.45) is -4.58. The molecule has 0 aliphatic rings. The summed E-state index contributed by atoms with van der Waals surface area (Å²) in [5, 5.41) is 14.5. The van der Waals surface area contributed by atoms with Gasteiger partial charge in [0.05, 0.1) is 6.54 Å².